The van der Waals surface area contributed by atoms with Crippen molar-refractivity contribution in [3.05, 3.63) is 53.6 Å². The van der Waals surface area contributed by atoms with Gasteiger partial charge in [-0.3, -0.25) is 0 Å². The first-order valence-corrected chi connectivity index (χ1v) is 4.77. The van der Waals surface area contributed by atoms with Crippen molar-refractivity contribution in [2.45, 2.75) is 6.92 Å². The lowest BCUT2D eigenvalue weighted by Crippen LogP contribution is -2.07. The molecule has 0 atom stereocenters. The minimum Gasteiger partial charge on any atom is -0.477 e. The molecule has 0 aliphatic heterocycles. The molecular weight excluding hydrogens is 209 g/mol. The minimum atomic E-state index is -1.08. The SMILES string of the molecule is Cc1ccc(-n2cccc2C(=O)O)c(F)c1. The second-order valence-corrected chi connectivity index (χ2v) is 3.52. The summed E-state index contributed by atoms with van der Waals surface area (Å²) in [5, 5.41) is 8.92. The highest BCUT2D eigenvalue weighted by atomic mass is 19.1. The van der Waals surface area contributed by atoms with Crippen molar-refractivity contribution in [2.24, 2.45) is 0 Å². The standard InChI is InChI=1S/C12H10FNO2/c1-8-4-5-10(9(13)7-8)14-6-2-3-11(14)12(15)16/h2-7H,1H3,(H,15,16). The van der Waals surface area contributed by atoms with Crippen molar-refractivity contribution >= 4 is 5.97 Å². The van der Waals surface area contributed by atoms with Crippen LogP contribution < -0.4 is 0 Å². The fourth-order valence-electron chi connectivity index (χ4n) is 1.57. The summed E-state index contributed by atoms with van der Waals surface area (Å²) in [4.78, 5) is 10.9. The Bertz CT molecular complexity index is 546. The van der Waals surface area contributed by atoms with Crippen LogP contribution >= 0.6 is 0 Å². The molecule has 0 radical (unpaired) electrons. The molecule has 0 spiro atoms. The highest BCUT2D eigenvalue weighted by molar-refractivity contribution is 5.86. The summed E-state index contributed by atoms with van der Waals surface area (Å²) in [6.45, 7) is 1.78. The Kier molecular flexibility index (Phi) is 2.48. The highest BCUT2D eigenvalue weighted by Gasteiger charge is 2.12. The molecule has 1 heterocycles. The van der Waals surface area contributed by atoms with Gasteiger partial charge in [-0.05, 0) is 36.8 Å². The number of carbonyl (C=O) groups is 1. The van der Waals surface area contributed by atoms with Crippen molar-refractivity contribution in [2.75, 3.05) is 0 Å². The van der Waals surface area contributed by atoms with E-state index in [0.717, 1.165) is 5.56 Å². The molecule has 1 aromatic carbocycles. The van der Waals surface area contributed by atoms with Gasteiger partial charge in [-0.2, -0.15) is 0 Å². The van der Waals surface area contributed by atoms with Gasteiger partial charge in [-0.25, -0.2) is 9.18 Å². The maximum atomic E-state index is 13.6. The molecular formula is C12H10FNO2. The molecule has 0 unspecified atom stereocenters. The van der Waals surface area contributed by atoms with Crippen LogP contribution in [0.25, 0.3) is 5.69 Å². The van der Waals surface area contributed by atoms with Crippen LogP contribution in [0.15, 0.2) is 36.5 Å². The predicted octanol–water partition coefficient (Wildman–Crippen LogP) is 2.62. The zero-order chi connectivity index (χ0) is 11.7. The molecule has 0 aliphatic carbocycles. The molecule has 0 fully saturated rings. The first kappa shape index (κ1) is 10.4. The quantitative estimate of drug-likeness (QED) is 0.843. The van der Waals surface area contributed by atoms with Crippen LogP contribution in [0.2, 0.25) is 0 Å². The normalized spacial score (nSPS) is 10.4. The zero-order valence-electron chi connectivity index (χ0n) is 8.64. The van der Waals surface area contributed by atoms with E-state index >= 15 is 0 Å². The van der Waals surface area contributed by atoms with E-state index in [9.17, 15) is 9.18 Å². The Labute approximate surface area is 91.8 Å². The Morgan fingerprint density at radius 1 is 1.38 bits per heavy atom. The Morgan fingerprint density at radius 3 is 2.75 bits per heavy atom. The van der Waals surface area contributed by atoms with Crippen LogP contribution in [0.1, 0.15) is 16.1 Å². The van der Waals surface area contributed by atoms with Crippen LogP contribution in [0.5, 0.6) is 0 Å². The summed E-state index contributed by atoms with van der Waals surface area (Å²) in [7, 11) is 0. The first-order chi connectivity index (χ1) is 7.59. The van der Waals surface area contributed by atoms with Crippen LogP contribution in [-0.4, -0.2) is 15.6 Å². The predicted molar refractivity (Wildman–Crippen MR) is 57.4 cm³/mol. The van der Waals surface area contributed by atoms with Gasteiger partial charge in [0.15, 0.2) is 0 Å². The lowest BCUT2D eigenvalue weighted by atomic mass is 10.2. The Balaban J connectivity index is 2.59. The second-order valence-electron chi connectivity index (χ2n) is 3.52. The Hall–Kier alpha value is -2.10. The van der Waals surface area contributed by atoms with Crippen molar-refractivity contribution < 1.29 is 14.3 Å². The molecule has 1 N–H and O–H groups in total. The molecule has 16 heavy (non-hydrogen) atoms. The van der Waals surface area contributed by atoms with Crippen LogP contribution in [0.4, 0.5) is 4.39 Å². The van der Waals surface area contributed by atoms with E-state index in [1.54, 1.807) is 25.1 Å². The van der Waals surface area contributed by atoms with Gasteiger partial charge in [0.25, 0.3) is 0 Å². The number of rotatable bonds is 2. The first-order valence-electron chi connectivity index (χ1n) is 4.77. The molecule has 4 heteroatoms. The molecule has 82 valence electrons. The molecule has 0 amide bonds. The van der Waals surface area contributed by atoms with Gasteiger partial charge < -0.3 is 9.67 Å². The molecule has 0 aliphatic rings. The van der Waals surface area contributed by atoms with E-state index in [1.165, 1.54) is 22.9 Å². The van der Waals surface area contributed by atoms with E-state index < -0.39 is 11.8 Å². The average molecular weight is 219 g/mol. The van der Waals surface area contributed by atoms with Crippen LogP contribution in [-0.2, 0) is 0 Å². The van der Waals surface area contributed by atoms with Gasteiger partial charge in [-0.1, -0.05) is 6.07 Å². The summed E-state index contributed by atoms with van der Waals surface area (Å²) in [6, 6.07) is 7.69. The fraction of sp³-hybridized carbons (Fsp3) is 0.0833. The summed E-state index contributed by atoms with van der Waals surface area (Å²) < 4.78 is 15.0. The second kappa shape index (κ2) is 3.81. The van der Waals surface area contributed by atoms with Gasteiger partial charge in [0.05, 0.1) is 5.69 Å². The third-order valence-electron chi connectivity index (χ3n) is 2.33. The van der Waals surface area contributed by atoms with Crippen LogP contribution in [0, 0.1) is 12.7 Å². The van der Waals surface area contributed by atoms with Crippen molar-refractivity contribution in [3.8, 4) is 5.69 Å². The minimum absolute atomic E-state index is 0.0442. The van der Waals surface area contributed by atoms with E-state index in [1.807, 2.05) is 0 Å². The van der Waals surface area contributed by atoms with Crippen molar-refractivity contribution in [1.29, 1.82) is 0 Å². The summed E-state index contributed by atoms with van der Waals surface area (Å²) >= 11 is 0. The number of aromatic nitrogens is 1. The third-order valence-corrected chi connectivity index (χ3v) is 2.33. The van der Waals surface area contributed by atoms with Gasteiger partial charge in [-0.15, -0.1) is 0 Å². The number of carboxylic acids is 1. The maximum absolute atomic E-state index is 13.6. The fourth-order valence-corrected chi connectivity index (χ4v) is 1.57. The number of aromatic carboxylic acids is 1. The summed E-state index contributed by atoms with van der Waals surface area (Å²) in [6.07, 6.45) is 1.52. The Morgan fingerprint density at radius 2 is 2.12 bits per heavy atom. The smallest absolute Gasteiger partial charge is 0.352 e. The number of hydrogen-bond donors (Lipinski definition) is 1. The van der Waals surface area contributed by atoms with Crippen molar-refractivity contribution in [1.82, 2.24) is 4.57 Å². The van der Waals surface area contributed by atoms with Crippen molar-refractivity contribution in [3.63, 3.8) is 0 Å². The molecule has 3 nitrogen and oxygen atoms in total. The number of aryl methyl sites for hydroxylation is 1. The molecule has 1 aromatic heterocycles. The topological polar surface area (TPSA) is 42.2 Å². The maximum Gasteiger partial charge on any atom is 0.352 e. The summed E-state index contributed by atoms with van der Waals surface area (Å²) in [5.74, 6) is -1.51. The third kappa shape index (κ3) is 1.69. The number of halogens is 1. The highest BCUT2D eigenvalue weighted by Crippen LogP contribution is 2.17. The van der Waals surface area contributed by atoms with Gasteiger partial charge in [0.2, 0.25) is 0 Å². The molecule has 0 bridgehead atoms. The van der Waals surface area contributed by atoms with E-state index in [4.69, 9.17) is 5.11 Å². The molecule has 0 saturated carbocycles. The van der Waals surface area contributed by atoms with Gasteiger partial charge in [0, 0.05) is 6.20 Å². The van der Waals surface area contributed by atoms with E-state index in [0.29, 0.717) is 0 Å². The van der Waals surface area contributed by atoms with E-state index in [2.05, 4.69) is 0 Å². The monoisotopic (exact) mass is 219 g/mol. The zero-order valence-corrected chi connectivity index (χ0v) is 8.64. The number of benzene rings is 1. The van der Waals surface area contributed by atoms with Gasteiger partial charge >= 0.3 is 5.97 Å². The average Bonchev–Trinajstić information content (AvgIpc) is 2.66. The van der Waals surface area contributed by atoms with Gasteiger partial charge in [0.1, 0.15) is 11.5 Å². The molecule has 2 aromatic rings. The number of nitrogens with zero attached hydrogens (tertiary/aromatic N) is 1. The molecule has 2 rings (SSSR count). The largest absolute Gasteiger partial charge is 0.477 e. The summed E-state index contributed by atoms with van der Waals surface area (Å²) in [5.41, 5.74) is 1.08. The number of carboxylic acid groups (broad SMARTS) is 1. The molecule has 0 saturated heterocycles. The lowest BCUT2D eigenvalue weighted by Gasteiger charge is -2.08. The lowest BCUT2D eigenvalue weighted by molar-refractivity contribution is 0.0688. The number of hydrogen-bond acceptors (Lipinski definition) is 1. The van der Waals surface area contributed by atoms with E-state index in [-0.39, 0.29) is 11.4 Å². The van der Waals surface area contributed by atoms with Crippen LogP contribution in [0.3, 0.4) is 0 Å².